The first kappa shape index (κ1) is 32.9. The van der Waals surface area contributed by atoms with Crippen molar-refractivity contribution in [2.45, 2.75) is 58.2 Å². The number of rotatable bonds is 17. The molecule has 1 aromatic rings. The molecule has 12 nitrogen and oxygen atoms in total. The second-order valence-electron chi connectivity index (χ2n) is 8.73. The van der Waals surface area contributed by atoms with Crippen LogP contribution in [0.25, 0.3) is 0 Å². The van der Waals surface area contributed by atoms with Gasteiger partial charge in [0, 0.05) is 19.3 Å². The molecule has 1 aromatic carbocycles. The van der Waals surface area contributed by atoms with Crippen LogP contribution in [0.4, 0.5) is 5.69 Å². The fraction of sp³-hybridized carbons (Fsp3) is 0.560. The molecular formula is C25H38N4O8S. The van der Waals surface area contributed by atoms with E-state index in [4.69, 9.17) is 20.7 Å². The molecule has 0 heterocycles. The highest BCUT2D eigenvalue weighted by Gasteiger charge is 2.27. The van der Waals surface area contributed by atoms with Crippen LogP contribution in [0, 0.1) is 6.92 Å². The Morgan fingerprint density at radius 1 is 1.18 bits per heavy atom. The van der Waals surface area contributed by atoms with E-state index in [0.29, 0.717) is 6.61 Å². The first-order valence-corrected chi connectivity index (χ1v) is 13.3. The number of carboxylic acids is 2. The smallest absolute Gasteiger partial charge is 0.322 e. The third-order valence-electron chi connectivity index (χ3n) is 5.64. The van der Waals surface area contributed by atoms with E-state index < -0.39 is 42.4 Å². The zero-order valence-electron chi connectivity index (χ0n) is 22.2. The van der Waals surface area contributed by atoms with Crippen molar-refractivity contribution in [3.8, 4) is 0 Å². The standard InChI is InChI=1S/C25H38N4O8S/c1-5-17-8-6-7-15(2)23(17)29(16(3)12-37-4)21(31)14-38-13-19(24(34)27-11-22(32)33)28-20(30)10-9-18(26)25(35)36/h6-8,16,18-19H,5,9-14,26H2,1-4H3,(H,27,34)(H,28,30)(H,32,33)(H,35,36)/t16-,18+,19+/m0/s1. The van der Waals surface area contributed by atoms with Crippen LogP contribution < -0.4 is 21.3 Å². The van der Waals surface area contributed by atoms with Crippen molar-refractivity contribution in [2.75, 3.05) is 36.7 Å². The molecule has 0 spiro atoms. The number of aryl methyl sites for hydroxylation is 2. The summed E-state index contributed by atoms with van der Waals surface area (Å²) in [6, 6.07) is 3.17. The number of nitrogens with zero attached hydrogens (tertiary/aromatic N) is 1. The molecule has 0 bridgehead atoms. The van der Waals surface area contributed by atoms with Gasteiger partial charge in [0.15, 0.2) is 0 Å². The fourth-order valence-electron chi connectivity index (χ4n) is 3.74. The predicted molar refractivity (Wildman–Crippen MR) is 144 cm³/mol. The number of ether oxygens (including phenoxy) is 1. The summed E-state index contributed by atoms with van der Waals surface area (Å²) in [6.45, 7) is 5.47. The quantitative estimate of drug-likeness (QED) is 0.182. The van der Waals surface area contributed by atoms with Gasteiger partial charge in [0.2, 0.25) is 17.7 Å². The van der Waals surface area contributed by atoms with E-state index in [-0.39, 0.29) is 36.3 Å². The number of methoxy groups -OCH3 is 1. The number of carboxylic acid groups (broad SMARTS) is 2. The van der Waals surface area contributed by atoms with E-state index in [1.807, 2.05) is 39.0 Å². The van der Waals surface area contributed by atoms with Gasteiger partial charge in [-0.2, -0.15) is 0 Å². The summed E-state index contributed by atoms with van der Waals surface area (Å²) in [5.74, 6) is -4.12. The maximum atomic E-state index is 13.4. The lowest BCUT2D eigenvalue weighted by Crippen LogP contribution is -2.50. The van der Waals surface area contributed by atoms with Crippen molar-refractivity contribution in [3.63, 3.8) is 0 Å². The normalized spacial score (nSPS) is 13.2. The average Bonchev–Trinajstić information content (AvgIpc) is 2.86. The topological polar surface area (TPSA) is 188 Å². The van der Waals surface area contributed by atoms with Gasteiger partial charge in [-0.05, 0) is 37.8 Å². The second-order valence-corrected chi connectivity index (χ2v) is 9.76. The van der Waals surface area contributed by atoms with Crippen LogP contribution in [0.1, 0.15) is 37.8 Å². The van der Waals surface area contributed by atoms with Gasteiger partial charge in [-0.15, -0.1) is 11.8 Å². The summed E-state index contributed by atoms with van der Waals surface area (Å²) in [6.07, 6.45) is 0.338. The molecule has 0 aliphatic heterocycles. The minimum absolute atomic E-state index is 0.0190. The van der Waals surface area contributed by atoms with E-state index in [1.54, 1.807) is 12.0 Å². The molecule has 0 radical (unpaired) electrons. The highest BCUT2D eigenvalue weighted by molar-refractivity contribution is 8.00. The molecule has 212 valence electrons. The Labute approximate surface area is 226 Å². The molecular weight excluding hydrogens is 516 g/mol. The zero-order chi connectivity index (χ0) is 28.8. The number of carbonyl (C=O) groups excluding carboxylic acids is 3. The fourth-order valence-corrected chi connectivity index (χ4v) is 4.64. The van der Waals surface area contributed by atoms with E-state index in [0.717, 1.165) is 35.0 Å². The molecule has 1 rings (SSSR count). The van der Waals surface area contributed by atoms with Gasteiger partial charge in [0.05, 0.1) is 24.1 Å². The summed E-state index contributed by atoms with van der Waals surface area (Å²) < 4.78 is 5.29. The molecule has 0 saturated carbocycles. The number of benzene rings is 1. The molecule has 0 saturated heterocycles. The molecule has 0 unspecified atom stereocenters. The number of nitrogens with one attached hydrogen (secondary N) is 2. The first-order chi connectivity index (χ1) is 17.9. The molecule has 0 fully saturated rings. The number of carbonyl (C=O) groups is 5. The Bertz CT molecular complexity index is 990. The number of anilines is 1. The summed E-state index contributed by atoms with van der Waals surface area (Å²) in [7, 11) is 1.55. The van der Waals surface area contributed by atoms with Gasteiger partial charge in [0.1, 0.15) is 18.6 Å². The lowest BCUT2D eigenvalue weighted by atomic mass is 10.0. The Hall–Kier alpha value is -3.16. The average molecular weight is 555 g/mol. The number of aliphatic carboxylic acids is 2. The van der Waals surface area contributed by atoms with Crippen LogP contribution >= 0.6 is 11.8 Å². The number of amides is 3. The van der Waals surface area contributed by atoms with Gasteiger partial charge in [-0.25, -0.2) is 0 Å². The van der Waals surface area contributed by atoms with Crippen molar-refractivity contribution < 1.29 is 38.9 Å². The van der Waals surface area contributed by atoms with Gasteiger partial charge < -0.3 is 36.2 Å². The molecule has 3 amide bonds. The molecule has 0 aliphatic rings. The number of hydrogen-bond acceptors (Lipinski definition) is 8. The summed E-state index contributed by atoms with van der Waals surface area (Å²) in [5.41, 5.74) is 8.17. The number of para-hydroxylation sites is 1. The first-order valence-electron chi connectivity index (χ1n) is 12.2. The van der Waals surface area contributed by atoms with E-state index in [1.165, 1.54) is 0 Å². The van der Waals surface area contributed by atoms with Crippen LogP contribution in [-0.4, -0.2) is 89.8 Å². The van der Waals surface area contributed by atoms with Crippen LogP contribution in [-0.2, 0) is 35.1 Å². The third-order valence-corrected chi connectivity index (χ3v) is 6.66. The van der Waals surface area contributed by atoms with Crippen LogP contribution in [0.5, 0.6) is 0 Å². The lowest BCUT2D eigenvalue weighted by molar-refractivity contribution is -0.139. The lowest BCUT2D eigenvalue weighted by Gasteiger charge is -2.32. The molecule has 38 heavy (non-hydrogen) atoms. The Balaban J connectivity index is 2.99. The number of nitrogens with two attached hydrogens (primary N) is 1. The largest absolute Gasteiger partial charge is 0.480 e. The van der Waals surface area contributed by atoms with Crippen LogP contribution in [0.2, 0.25) is 0 Å². The van der Waals surface area contributed by atoms with Crippen LogP contribution in [0.15, 0.2) is 18.2 Å². The Morgan fingerprint density at radius 3 is 2.45 bits per heavy atom. The van der Waals surface area contributed by atoms with Gasteiger partial charge in [-0.3, -0.25) is 24.0 Å². The van der Waals surface area contributed by atoms with Gasteiger partial charge >= 0.3 is 11.9 Å². The molecule has 3 atom stereocenters. The van der Waals surface area contributed by atoms with Crippen molar-refractivity contribution in [1.29, 1.82) is 0 Å². The minimum atomic E-state index is -1.26. The predicted octanol–water partition coefficient (Wildman–Crippen LogP) is 0.536. The SMILES string of the molecule is CCc1cccc(C)c1N(C(=O)CSC[C@@H](NC(=O)CC[C@@H](N)C(=O)O)C(=O)NCC(=O)O)[C@@H](C)COC. The number of hydrogen-bond donors (Lipinski definition) is 5. The van der Waals surface area contributed by atoms with Gasteiger partial charge in [0.25, 0.3) is 0 Å². The zero-order valence-corrected chi connectivity index (χ0v) is 23.0. The maximum absolute atomic E-state index is 13.4. The van der Waals surface area contributed by atoms with Gasteiger partial charge in [-0.1, -0.05) is 25.1 Å². The Morgan fingerprint density at radius 2 is 1.87 bits per heavy atom. The number of thioether (sulfide) groups is 1. The van der Waals surface area contributed by atoms with E-state index in [9.17, 15) is 24.0 Å². The van der Waals surface area contributed by atoms with Crippen molar-refractivity contribution in [2.24, 2.45) is 5.73 Å². The molecule has 0 aromatic heterocycles. The highest BCUT2D eigenvalue weighted by atomic mass is 32.2. The summed E-state index contributed by atoms with van der Waals surface area (Å²) >= 11 is 1.11. The monoisotopic (exact) mass is 554 g/mol. The summed E-state index contributed by atoms with van der Waals surface area (Å²) in [4.78, 5) is 61.7. The molecule has 0 aliphatic carbocycles. The molecule has 13 heteroatoms. The van der Waals surface area contributed by atoms with Crippen molar-refractivity contribution >= 4 is 47.1 Å². The summed E-state index contributed by atoms with van der Waals surface area (Å²) in [5, 5.41) is 22.4. The van der Waals surface area contributed by atoms with Crippen LogP contribution in [0.3, 0.4) is 0 Å². The van der Waals surface area contributed by atoms with E-state index >= 15 is 0 Å². The third kappa shape index (κ3) is 10.7. The highest BCUT2D eigenvalue weighted by Crippen LogP contribution is 2.28. The molecule has 6 N–H and O–H groups in total. The van der Waals surface area contributed by atoms with Crippen molar-refractivity contribution in [3.05, 3.63) is 29.3 Å². The Kier molecular flexibility index (Phi) is 14.4. The van der Waals surface area contributed by atoms with Crippen molar-refractivity contribution in [1.82, 2.24) is 10.6 Å². The minimum Gasteiger partial charge on any atom is -0.480 e. The van der Waals surface area contributed by atoms with E-state index in [2.05, 4.69) is 10.6 Å². The maximum Gasteiger partial charge on any atom is 0.322 e. The second kappa shape index (κ2) is 16.6.